The number of aryl methyl sites for hydroxylation is 3. The molecule has 0 aliphatic carbocycles. The van der Waals surface area contributed by atoms with E-state index in [1.54, 1.807) is 30.1 Å². The molecule has 1 fully saturated rings. The van der Waals surface area contributed by atoms with Crippen molar-refractivity contribution in [2.75, 3.05) is 4.90 Å². The van der Waals surface area contributed by atoms with Gasteiger partial charge in [-0.25, -0.2) is 4.90 Å². The maximum Gasteiger partial charge on any atom is 0.281 e. The Hall–Kier alpha value is -2.41. The lowest BCUT2D eigenvalue weighted by atomic mass is 10.3. The first-order chi connectivity index (χ1) is 9.95. The normalized spacial score (nSPS) is 16.9. The molecule has 3 rings (SSSR count). The highest BCUT2D eigenvalue weighted by atomic mass is 32.1. The largest absolute Gasteiger partial charge is 0.462 e. The van der Waals surface area contributed by atoms with Gasteiger partial charge < -0.3 is 9.73 Å². The van der Waals surface area contributed by atoms with E-state index in [0.29, 0.717) is 22.3 Å². The number of nitrogens with zero attached hydrogens (tertiary/aromatic N) is 3. The highest BCUT2D eigenvalue weighted by molar-refractivity contribution is 7.80. The van der Waals surface area contributed by atoms with Crippen LogP contribution in [0.25, 0.3) is 6.08 Å². The molecule has 0 saturated carbocycles. The Labute approximate surface area is 127 Å². The standard InChI is InChI=1S/C14H14N4O2S/c1-8-4-5-10(20-8)6-11-13(19)18(14(21)15-11)12-7-17(3)16-9(12)2/h4-7H,1-3H3,(H,15,21)/b11-6+. The van der Waals surface area contributed by atoms with Gasteiger partial charge in [-0.15, -0.1) is 0 Å². The Morgan fingerprint density at radius 3 is 2.71 bits per heavy atom. The first-order valence-electron chi connectivity index (χ1n) is 6.39. The topological polar surface area (TPSA) is 63.3 Å². The number of rotatable bonds is 2. The summed E-state index contributed by atoms with van der Waals surface area (Å²) >= 11 is 5.25. The fourth-order valence-corrected chi connectivity index (χ4v) is 2.52. The Kier molecular flexibility index (Phi) is 3.13. The molecule has 108 valence electrons. The van der Waals surface area contributed by atoms with Gasteiger partial charge >= 0.3 is 0 Å². The second-order valence-corrected chi connectivity index (χ2v) is 5.24. The van der Waals surface area contributed by atoms with Crippen molar-refractivity contribution in [3.8, 4) is 0 Å². The van der Waals surface area contributed by atoms with Crippen LogP contribution in [0.1, 0.15) is 17.2 Å². The first-order valence-corrected chi connectivity index (χ1v) is 6.80. The van der Waals surface area contributed by atoms with Crippen LogP contribution in [0.15, 0.2) is 28.4 Å². The number of nitrogens with one attached hydrogen (secondary N) is 1. The van der Waals surface area contributed by atoms with Crippen LogP contribution in [0.5, 0.6) is 0 Å². The molecule has 0 aromatic carbocycles. The molecule has 0 spiro atoms. The summed E-state index contributed by atoms with van der Waals surface area (Å²) < 4.78 is 7.10. The number of hydrogen-bond acceptors (Lipinski definition) is 4. The van der Waals surface area contributed by atoms with E-state index < -0.39 is 0 Å². The van der Waals surface area contributed by atoms with Gasteiger partial charge in [-0.3, -0.25) is 9.48 Å². The van der Waals surface area contributed by atoms with Gasteiger partial charge in [0.05, 0.1) is 11.4 Å². The fourth-order valence-electron chi connectivity index (χ4n) is 2.23. The quantitative estimate of drug-likeness (QED) is 0.678. The third-order valence-electron chi connectivity index (χ3n) is 3.15. The number of anilines is 1. The summed E-state index contributed by atoms with van der Waals surface area (Å²) in [5.41, 5.74) is 1.81. The maximum atomic E-state index is 12.5. The predicted octanol–water partition coefficient (Wildman–Crippen LogP) is 1.89. The van der Waals surface area contributed by atoms with Crippen molar-refractivity contribution in [3.05, 3.63) is 41.2 Å². The van der Waals surface area contributed by atoms with Crippen molar-refractivity contribution < 1.29 is 9.21 Å². The van der Waals surface area contributed by atoms with Crippen molar-refractivity contribution in [3.63, 3.8) is 0 Å². The molecule has 2 aromatic rings. The van der Waals surface area contributed by atoms with Gasteiger partial charge in [0.25, 0.3) is 5.91 Å². The Morgan fingerprint density at radius 2 is 2.14 bits per heavy atom. The second kappa shape index (κ2) is 4.85. The summed E-state index contributed by atoms with van der Waals surface area (Å²) in [5, 5.41) is 7.49. The third kappa shape index (κ3) is 2.36. The lowest BCUT2D eigenvalue weighted by Gasteiger charge is -2.11. The Balaban J connectivity index is 1.96. The van der Waals surface area contributed by atoms with E-state index >= 15 is 0 Å². The summed E-state index contributed by atoms with van der Waals surface area (Å²) in [6.07, 6.45) is 3.41. The molecule has 0 radical (unpaired) electrons. The molecule has 0 atom stereocenters. The van der Waals surface area contributed by atoms with Gasteiger partial charge in [-0.1, -0.05) is 0 Å². The molecule has 7 heteroatoms. The number of furan rings is 1. The van der Waals surface area contributed by atoms with Crippen LogP contribution < -0.4 is 10.2 Å². The molecular formula is C14H14N4O2S. The number of carbonyl (C=O) groups excluding carboxylic acids is 1. The molecule has 21 heavy (non-hydrogen) atoms. The molecule has 3 heterocycles. The van der Waals surface area contributed by atoms with Crippen molar-refractivity contribution in [1.82, 2.24) is 15.1 Å². The second-order valence-electron chi connectivity index (χ2n) is 4.85. The summed E-state index contributed by atoms with van der Waals surface area (Å²) in [7, 11) is 1.80. The number of aromatic nitrogens is 2. The lowest BCUT2D eigenvalue weighted by Crippen LogP contribution is -2.30. The van der Waals surface area contributed by atoms with E-state index in [1.165, 1.54) is 4.90 Å². The minimum absolute atomic E-state index is 0.217. The molecule has 1 N–H and O–H groups in total. The third-order valence-corrected chi connectivity index (χ3v) is 3.44. The fraction of sp³-hybridized carbons (Fsp3) is 0.214. The predicted molar refractivity (Wildman–Crippen MR) is 82.6 cm³/mol. The summed E-state index contributed by atoms with van der Waals surface area (Å²) in [5.74, 6) is 1.18. The van der Waals surface area contributed by atoms with Crippen LogP contribution in [0, 0.1) is 13.8 Å². The zero-order chi connectivity index (χ0) is 15.1. The molecule has 1 aliphatic heterocycles. The van der Waals surface area contributed by atoms with E-state index in [0.717, 1.165) is 11.5 Å². The van der Waals surface area contributed by atoms with Crippen LogP contribution >= 0.6 is 12.2 Å². The van der Waals surface area contributed by atoms with Crippen molar-refractivity contribution in [1.29, 1.82) is 0 Å². The molecule has 2 aromatic heterocycles. The maximum absolute atomic E-state index is 12.5. The van der Waals surface area contributed by atoms with E-state index in [9.17, 15) is 4.79 Å². The molecule has 1 saturated heterocycles. The highest BCUT2D eigenvalue weighted by Gasteiger charge is 2.34. The summed E-state index contributed by atoms with van der Waals surface area (Å²) in [6.45, 7) is 3.69. The average Bonchev–Trinajstić information content (AvgIpc) is 3.02. The molecule has 1 amide bonds. The van der Waals surface area contributed by atoms with Crippen LogP contribution in [0.3, 0.4) is 0 Å². The minimum atomic E-state index is -0.217. The smallest absolute Gasteiger partial charge is 0.281 e. The van der Waals surface area contributed by atoms with E-state index in [1.807, 2.05) is 19.9 Å². The number of thiocarbonyl (C=S) groups is 1. The number of amides is 1. The van der Waals surface area contributed by atoms with Gasteiger partial charge in [0.15, 0.2) is 5.11 Å². The average molecular weight is 302 g/mol. The number of hydrogen-bond donors (Lipinski definition) is 1. The first kappa shape index (κ1) is 13.6. The van der Waals surface area contributed by atoms with Crippen LogP contribution in [-0.2, 0) is 11.8 Å². The van der Waals surface area contributed by atoms with Crippen molar-refractivity contribution >= 4 is 35.0 Å². The van der Waals surface area contributed by atoms with Crippen LogP contribution in [0.4, 0.5) is 5.69 Å². The Morgan fingerprint density at radius 1 is 1.38 bits per heavy atom. The van der Waals surface area contributed by atoms with E-state index in [4.69, 9.17) is 16.6 Å². The highest BCUT2D eigenvalue weighted by Crippen LogP contribution is 2.25. The summed E-state index contributed by atoms with van der Waals surface area (Å²) in [6, 6.07) is 3.64. The van der Waals surface area contributed by atoms with Gasteiger partial charge in [-0.05, 0) is 38.2 Å². The minimum Gasteiger partial charge on any atom is -0.462 e. The van der Waals surface area contributed by atoms with Gasteiger partial charge in [0, 0.05) is 19.3 Å². The molecule has 0 unspecified atom stereocenters. The van der Waals surface area contributed by atoms with Crippen molar-refractivity contribution in [2.45, 2.75) is 13.8 Å². The summed E-state index contributed by atoms with van der Waals surface area (Å²) in [4.78, 5) is 14.0. The van der Waals surface area contributed by atoms with Gasteiger partial charge in [0.1, 0.15) is 17.2 Å². The number of carbonyl (C=O) groups is 1. The van der Waals surface area contributed by atoms with E-state index in [2.05, 4.69) is 10.4 Å². The molecule has 1 aliphatic rings. The molecule has 6 nitrogen and oxygen atoms in total. The van der Waals surface area contributed by atoms with Gasteiger partial charge in [-0.2, -0.15) is 5.10 Å². The van der Waals surface area contributed by atoms with Crippen LogP contribution in [-0.4, -0.2) is 20.8 Å². The zero-order valence-electron chi connectivity index (χ0n) is 11.9. The van der Waals surface area contributed by atoms with E-state index in [-0.39, 0.29) is 5.91 Å². The molecule has 0 bridgehead atoms. The molecular weight excluding hydrogens is 288 g/mol. The van der Waals surface area contributed by atoms with Gasteiger partial charge in [0.2, 0.25) is 0 Å². The Bertz CT molecular complexity index is 772. The SMILES string of the molecule is Cc1ccc(/C=C2/NC(=S)N(c3cn(C)nc3C)C2=O)o1. The monoisotopic (exact) mass is 302 g/mol. The van der Waals surface area contributed by atoms with Crippen molar-refractivity contribution in [2.24, 2.45) is 7.05 Å². The van der Waals surface area contributed by atoms with Crippen LogP contribution in [0.2, 0.25) is 0 Å². The zero-order valence-corrected chi connectivity index (χ0v) is 12.7. The lowest BCUT2D eigenvalue weighted by molar-refractivity contribution is -0.113.